The second kappa shape index (κ2) is 8.89. The number of rotatable bonds is 6. The van der Waals surface area contributed by atoms with E-state index in [1.807, 2.05) is 36.1 Å². The zero-order valence-corrected chi connectivity index (χ0v) is 17.6. The van der Waals surface area contributed by atoms with Crippen molar-refractivity contribution in [2.75, 3.05) is 6.54 Å². The number of hydrogen-bond acceptors (Lipinski definition) is 3. The normalized spacial score (nSPS) is 16.5. The van der Waals surface area contributed by atoms with Crippen molar-refractivity contribution in [3.05, 3.63) is 40.4 Å². The van der Waals surface area contributed by atoms with Gasteiger partial charge in [-0.25, -0.2) is 4.98 Å². The SMILES string of the molecule is CC(C)CCN(C(=O)C1CCCCC1)C(C)c1nc2ccccc2c(=O)n1C. The molecule has 1 fully saturated rings. The van der Waals surface area contributed by atoms with E-state index in [0.717, 1.165) is 32.1 Å². The molecule has 1 amide bonds. The molecule has 1 aliphatic rings. The summed E-state index contributed by atoms with van der Waals surface area (Å²) in [4.78, 5) is 33.0. The maximum absolute atomic E-state index is 13.4. The molecule has 5 heteroatoms. The van der Waals surface area contributed by atoms with E-state index in [-0.39, 0.29) is 23.4 Å². The number of carbonyl (C=O) groups is 1. The Labute approximate surface area is 167 Å². The van der Waals surface area contributed by atoms with Gasteiger partial charge in [-0.2, -0.15) is 0 Å². The summed E-state index contributed by atoms with van der Waals surface area (Å²) in [6.07, 6.45) is 6.41. The van der Waals surface area contributed by atoms with E-state index < -0.39 is 0 Å². The Morgan fingerprint density at radius 2 is 1.86 bits per heavy atom. The molecule has 0 radical (unpaired) electrons. The molecule has 1 saturated carbocycles. The molecular weight excluding hydrogens is 350 g/mol. The summed E-state index contributed by atoms with van der Waals surface area (Å²) in [6.45, 7) is 7.07. The van der Waals surface area contributed by atoms with Crippen LogP contribution in [0.15, 0.2) is 29.1 Å². The lowest BCUT2D eigenvalue weighted by atomic mass is 9.87. The summed E-state index contributed by atoms with van der Waals surface area (Å²) in [5, 5.41) is 0.619. The fraction of sp³-hybridized carbons (Fsp3) is 0.609. The van der Waals surface area contributed by atoms with Gasteiger partial charge >= 0.3 is 0 Å². The Hall–Kier alpha value is -2.17. The standard InChI is InChI=1S/C23H33N3O2/c1-16(2)14-15-26(22(27)18-10-6-5-7-11-18)17(3)21-24-20-13-9-8-12-19(20)23(28)25(21)4/h8-9,12-13,16-18H,5-7,10-11,14-15H2,1-4H3. The van der Waals surface area contributed by atoms with Crippen LogP contribution in [0.2, 0.25) is 0 Å². The molecule has 0 aliphatic heterocycles. The lowest BCUT2D eigenvalue weighted by Crippen LogP contribution is -2.41. The fourth-order valence-electron chi connectivity index (χ4n) is 4.22. The molecule has 0 spiro atoms. The summed E-state index contributed by atoms with van der Waals surface area (Å²) < 4.78 is 1.61. The van der Waals surface area contributed by atoms with E-state index in [2.05, 4.69) is 13.8 Å². The summed E-state index contributed by atoms with van der Waals surface area (Å²) >= 11 is 0. The maximum Gasteiger partial charge on any atom is 0.261 e. The van der Waals surface area contributed by atoms with Crippen molar-refractivity contribution in [3.8, 4) is 0 Å². The summed E-state index contributed by atoms with van der Waals surface area (Å²) in [5.41, 5.74) is 0.641. The van der Waals surface area contributed by atoms with Gasteiger partial charge in [0.1, 0.15) is 5.82 Å². The van der Waals surface area contributed by atoms with E-state index in [9.17, 15) is 9.59 Å². The smallest absolute Gasteiger partial charge is 0.261 e. The van der Waals surface area contributed by atoms with Gasteiger partial charge in [-0.1, -0.05) is 45.2 Å². The molecule has 0 bridgehead atoms. The lowest BCUT2D eigenvalue weighted by Gasteiger charge is -2.34. The minimum atomic E-state index is -0.226. The molecule has 3 rings (SSSR count). The maximum atomic E-state index is 13.4. The van der Waals surface area contributed by atoms with Gasteiger partial charge in [0.25, 0.3) is 5.56 Å². The van der Waals surface area contributed by atoms with Gasteiger partial charge in [0.05, 0.1) is 16.9 Å². The minimum absolute atomic E-state index is 0.0543. The predicted octanol–water partition coefficient (Wildman–Crippen LogP) is 4.45. The largest absolute Gasteiger partial charge is 0.333 e. The number of fused-ring (bicyclic) bond motifs is 1. The first kappa shape index (κ1) is 20.6. The molecule has 1 atom stereocenters. The third-order valence-corrected chi connectivity index (χ3v) is 6.04. The Morgan fingerprint density at radius 1 is 1.18 bits per heavy atom. The van der Waals surface area contributed by atoms with Gasteiger partial charge in [0.2, 0.25) is 5.91 Å². The highest BCUT2D eigenvalue weighted by Crippen LogP contribution is 2.29. The van der Waals surface area contributed by atoms with E-state index in [1.165, 1.54) is 6.42 Å². The highest BCUT2D eigenvalue weighted by molar-refractivity contribution is 5.80. The van der Waals surface area contributed by atoms with Crippen molar-refractivity contribution in [1.29, 1.82) is 0 Å². The molecule has 1 aromatic heterocycles. The first-order valence-electron chi connectivity index (χ1n) is 10.7. The lowest BCUT2D eigenvalue weighted by molar-refractivity contribution is -0.139. The third-order valence-electron chi connectivity index (χ3n) is 6.04. The van der Waals surface area contributed by atoms with Crippen molar-refractivity contribution >= 4 is 16.8 Å². The van der Waals surface area contributed by atoms with Crippen molar-refractivity contribution in [3.63, 3.8) is 0 Å². The van der Waals surface area contributed by atoms with Gasteiger partial charge in [-0.05, 0) is 44.2 Å². The molecule has 2 aromatic rings. The number of para-hydroxylation sites is 1. The molecule has 28 heavy (non-hydrogen) atoms. The molecule has 0 saturated heterocycles. The van der Waals surface area contributed by atoms with Crippen LogP contribution in [0.5, 0.6) is 0 Å². The Kier molecular flexibility index (Phi) is 6.53. The van der Waals surface area contributed by atoms with Crippen LogP contribution in [-0.2, 0) is 11.8 Å². The minimum Gasteiger partial charge on any atom is -0.333 e. The monoisotopic (exact) mass is 383 g/mol. The van der Waals surface area contributed by atoms with Crippen LogP contribution < -0.4 is 5.56 Å². The molecule has 1 aromatic carbocycles. The van der Waals surface area contributed by atoms with Crippen LogP contribution >= 0.6 is 0 Å². The molecule has 5 nitrogen and oxygen atoms in total. The van der Waals surface area contributed by atoms with Crippen molar-refractivity contribution in [2.24, 2.45) is 18.9 Å². The zero-order valence-electron chi connectivity index (χ0n) is 17.6. The summed E-state index contributed by atoms with van der Waals surface area (Å²) in [6, 6.07) is 7.20. The van der Waals surface area contributed by atoms with Crippen molar-refractivity contribution in [1.82, 2.24) is 14.5 Å². The highest BCUT2D eigenvalue weighted by Gasteiger charge is 2.31. The average molecular weight is 384 g/mol. The molecule has 1 aliphatic carbocycles. The van der Waals surface area contributed by atoms with Crippen LogP contribution in [0.25, 0.3) is 10.9 Å². The number of nitrogens with zero attached hydrogens (tertiary/aromatic N) is 3. The number of benzene rings is 1. The van der Waals surface area contributed by atoms with E-state index >= 15 is 0 Å². The van der Waals surface area contributed by atoms with Crippen LogP contribution in [-0.4, -0.2) is 26.9 Å². The Balaban J connectivity index is 1.97. The number of amides is 1. The fourth-order valence-corrected chi connectivity index (χ4v) is 4.22. The van der Waals surface area contributed by atoms with Crippen LogP contribution in [0, 0.1) is 11.8 Å². The first-order chi connectivity index (χ1) is 13.4. The third kappa shape index (κ3) is 4.29. The zero-order chi connectivity index (χ0) is 20.3. The average Bonchev–Trinajstić information content (AvgIpc) is 2.71. The van der Waals surface area contributed by atoms with Crippen LogP contribution in [0.4, 0.5) is 0 Å². The van der Waals surface area contributed by atoms with Gasteiger partial charge in [-0.15, -0.1) is 0 Å². The predicted molar refractivity (Wildman–Crippen MR) is 113 cm³/mol. The Morgan fingerprint density at radius 3 is 2.54 bits per heavy atom. The van der Waals surface area contributed by atoms with Crippen molar-refractivity contribution in [2.45, 2.75) is 65.3 Å². The van der Waals surface area contributed by atoms with Gasteiger partial charge in [0, 0.05) is 19.5 Å². The van der Waals surface area contributed by atoms with E-state index in [4.69, 9.17) is 4.98 Å². The number of carbonyl (C=O) groups excluding carboxylic acids is 1. The number of aromatic nitrogens is 2. The topological polar surface area (TPSA) is 55.2 Å². The quantitative estimate of drug-likeness (QED) is 0.740. The highest BCUT2D eigenvalue weighted by atomic mass is 16.2. The summed E-state index contributed by atoms with van der Waals surface area (Å²) in [7, 11) is 1.76. The van der Waals surface area contributed by atoms with Crippen LogP contribution in [0.1, 0.15) is 71.2 Å². The van der Waals surface area contributed by atoms with Gasteiger partial charge in [0.15, 0.2) is 0 Å². The van der Waals surface area contributed by atoms with E-state index in [0.29, 0.717) is 29.2 Å². The number of hydrogen-bond donors (Lipinski definition) is 0. The summed E-state index contributed by atoms with van der Waals surface area (Å²) in [5.74, 6) is 1.52. The van der Waals surface area contributed by atoms with Crippen molar-refractivity contribution < 1.29 is 4.79 Å². The van der Waals surface area contributed by atoms with E-state index in [1.54, 1.807) is 11.6 Å². The van der Waals surface area contributed by atoms with Gasteiger partial charge < -0.3 is 4.90 Å². The molecule has 152 valence electrons. The molecule has 1 heterocycles. The second-order valence-corrected chi connectivity index (χ2v) is 8.58. The Bertz CT molecular complexity index is 881. The van der Waals surface area contributed by atoms with Gasteiger partial charge in [-0.3, -0.25) is 14.2 Å². The second-order valence-electron chi connectivity index (χ2n) is 8.58. The van der Waals surface area contributed by atoms with Crippen LogP contribution in [0.3, 0.4) is 0 Å². The first-order valence-corrected chi connectivity index (χ1v) is 10.7. The molecular formula is C23H33N3O2. The molecule has 0 N–H and O–H groups in total. The molecule has 1 unspecified atom stereocenters.